The molecule has 47 heavy (non-hydrogen) atoms. The van der Waals surface area contributed by atoms with E-state index < -0.39 is 5.76 Å². The van der Waals surface area contributed by atoms with Gasteiger partial charge in [0.05, 0.1) is 19.3 Å². The van der Waals surface area contributed by atoms with Crippen LogP contribution in [0.4, 0.5) is 0 Å². The highest BCUT2D eigenvalue weighted by molar-refractivity contribution is 5.66. The number of hydrogen-bond acceptors (Lipinski definition) is 9. The van der Waals surface area contributed by atoms with Gasteiger partial charge in [-0.1, -0.05) is 66.7 Å². The third-order valence-corrected chi connectivity index (χ3v) is 7.30. The van der Waals surface area contributed by atoms with E-state index in [1.54, 1.807) is 19.4 Å². The smallest absolute Gasteiger partial charge is 0.422 e. The Balaban J connectivity index is 1.01. The van der Waals surface area contributed by atoms with Crippen molar-refractivity contribution >= 4 is 24.3 Å². The first-order valence-corrected chi connectivity index (χ1v) is 15.1. The second-order valence-electron chi connectivity index (χ2n) is 10.7. The lowest BCUT2D eigenvalue weighted by molar-refractivity contribution is 0.280. The number of ether oxygens (including phenoxy) is 2. The van der Waals surface area contributed by atoms with Crippen LogP contribution in [0.25, 0.3) is 24.3 Å². The number of oxazole rings is 3. The molecular weight excluding hydrogens is 598 g/mol. The molecule has 0 fully saturated rings. The number of methoxy groups -OCH3 is 1. The zero-order valence-corrected chi connectivity index (χ0v) is 25.7. The predicted octanol–water partition coefficient (Wildman–Crippen LogP) is 7.27. The first-order chi connectivity index (χ1) is 23.0. The van der Waals surface area contributed by atoms with Crippen LogP contribution >= 0.6 is 0 Å². The van der Waals surface area contributed by atoms with Crippen molar-refractivity contribution in [2.24, 2.45) is 0 Å². The highest BCUT2D eigenvalue weighted by Gasteiger charge is 2.18. The van der Waals surface area contributed by atoms with Crippen LogP contribution in [0.1, 0.15) is 52.0 Å². The van der Waals surface area contributed by atoms with Gasteiger partial charge in [-0.2, -0.15) is 0 Å². The van der Waals surface area contributed by atoms with Gasteiger partial charge in [-0.3, -0.25) is 0 Å². The Morgan fingerprint density at radius 2 is 1.43 bits per heavy atom. The fourth-order valence-electron chi connectivity index (χ4n) is 4.90. The molecule has 0 saturated carbocycles. The largest absolute Gasteiger partial charge is 0.493 e. The first kappa shape index (κ1) is 31.0. The Labute approximate surface area is 270 Å². The molecule has 10 nitrogen and oxygen atoms in total. The summed E-state index contributed by atoms with van der Waals surface area (Å²) in [5.74, 6) is 1.40. The Morgan fingerprint density at radius 1 is 0.787 bits per heavy atom. The molecule has 0 aliphatic heterocycles. The highest BCUT2D eigenvalue weighted by atomic mass is 16.5. The molecule has 6 aromatic rings. The number of rotatable bonds is 14. The number of benzene rings is 3. The van der Waals surface area contributed by atoms with E-state index in [0.717, 1.165) is 21.3 Å². The maximum atomic E-state index is 12.5. The van der Waals surface area contributed by atoms with E-state index in [0.29, 0.717) is 53.9 Å². The summed E-state index contributed by atoms with van der Waals surface area (Å²) in [4.78, 5) is 21.4. The van der Waals surface area contributed by atoms with Gasteiger partial charge in [-0.05, 0) is 53.8 Å². The van der Waals surface area contributed by atoms with Crippen molar-refractivity contribution in [2.45, 2.75) is 32.4 Å². The molecule has 1 N–H and O–H groups in total. The fourth-order valence-corrected chi connectivity index (χ4v) is 4.90. The molecule has 0 radical (unpaired) electrons. The van der Waals surface area contributed by atoms with E-state index in [2.05, 4.69) is 9.97 Å². The van der Waals surface area contributed by atoms with E-state index >= 15 is 0 Å². The molecular formula is C37H33N3O7. The minimum atomic E-state index is -0.656. The fraction of sp³-hybridized carbons (Fsp3) is 0.162. The third-order valence-electron chi connectivity index (χ3n) is 7.30. The van der Waals surface area contributed by atoms with Crippen molar-refractivity contribution in [1.29, 1.82) is 0 Å². The molecule has 3 heterocycles. The van der Waals surface area contributed by atoms with Crippen molar-refractivity contribution in [3.8, 4) is 17.4 Å². The number of nitrogens with zero attached hydrogens (tertiary/aromatic N) is 3. The Kier molecular flexibility index (Phi) is 9.78. The molecule has 3 aromatic carbocycles. The summed E-state index contributed by atoms with van der Waals surface area (Å²) in [6.07, 6.45) is 12.0. The van der Waals surface area contributed by atoms with Crippen molar-refractivity contribution in [1.82, 2.24) is 14.5 Å². The second kappa shape index (κ2) is 14.8. The molecule has 6 rings (SSSR count). The minimum Gasteiger partial charge on any atom is -0.493 e. The molecule has 0 unspecified atom stereocenters. The molecule has 0 amide bonds. The van der Waals surface area contributed by atoms with Crippen molar-refractivity contribution in [2.75, 3.05) is 7.11 Å². The predicted molar refractivity (Wildman–Crippen MR) is 177 cm³/mol. The lowest BCUT2D eigenvalue weighted by Gasteiger charge is -2.11. The summed E-state index contributed by atoms with van der Waals surface area (Å²) in [6.45, 7) is 0.239. The van der Waals surface area contributed by atoms with Crippen LogP contribution < -0.4 is 15.2 Å². The number of aryl methyl sites for hydroxylation is 2. The standard InChI is InChI=1S/C37H33N3O7/c1-43-33-21-28(15-18-31(33)44-24-30-25-46-35(39-30)20-17-27-11-6-3-7-12-27)13-8-14-32-36(41)40(37(42)47-32)22-29-23-45-34(38-29)19-16-26-9-4-2-5-10-26/h2-7,9-12,15-21,23,25,41H,8,13-14,22,24H2,1H3. The minimum absolute atomic E-state index is 0.0234. The summed E-state index contributed by atoms with van der Waals surface area (Å²) in [5.41, 5.74) is 4.21. The maximum Gasteiger partial charge on any atom is 0.422 e. The Morgan fingerprint density at radius 3 is 2.09 bits per heavy atom. The van der Waals surface area contributed by atoms with Crippen LogP contribution in [0.3, 0.4) is 0 Å². The summed E-state index contributed by atoms with van der Waals surface area (Å²) in [7, 11) is 1.58. The van der Waals surface area contributed by atoms with Crippen LogP contribution in [-0.2, 0) is 26.0 Å². The van der Waals surface area contributed by atoms with Gasteiger partial charge in [0, 0.05) is 18.6 Å². The number of aromatic hydroxyl groups is 1. The molecule has 0 bridgehead atoms. The third kappa shape index (κ3) is 8.17. The average molecular weight is 632 g/mol. The van der Waals surface area contributed by atoms with E-state index in [-0.39, 0.29) is 24.8 Å². The normalized spacial score (nSPS) is 11.5. The maximum absolute atomic E-state index is 12.5. The summed E-state index contributed by atoms with van der Waals surface area (Å²) in [6, 6.07) is 25.4. The Bertz CT molecular complexity index is 2020. The van der Waals surface area contributed by atoms with Crippen LogP contribution in [0, 0.1) is 0 Å². The monoisotopic (exact) mass is 631 g/mol. The van der Waals surface area contributed by atoms with Gasteiger partial charge in [0.15, 0.2) is 17.3 Å². The first-order valence-electron chi connectivity index (χ1n) is 15.1. The SMILES string of the molecule is COc1cc(CCCc2oc(=O)n(Cc3coc(C=Cc4ccccc4)n3)c2O)ccc1OCc1coc(C=Cc2ccccc2)n1. The molecule has 0 spiro atoms. The molecule has 3 aromatic heterocycles. The van der Waals surface area contributed by atoms with Crippen molar-refractivity contribution in [3.05, 3.63) is 148 Å². The molecule has 0 aliphatic carbocycles. The van der Waals surface area contributed by atoms with Crippen LogP contribution in [-0.4, -0.2) is 26.8 Å². The molecule has 0 atom stereocenters. The second-order valence-corrected chi connectivity index (χ2v) is 10.7. The van der Waals surface area contributed by atoms with Gasteiger partial charge in [-0.15, -0.1) is 0 Å². The van der Waals surface area contributed by atoms with Gasteiger partial charge in [0.2, 0.25) is 17.7 Å². The Hall–Kier alpha value is -6.03. The summed E-state index contributed by atoms with van der Waals surface area (Å²) in [5, 5.41) is 10.7. The van der Waals surface area contributed by atoms with Crippen molar-refractivity contribution in [3.63, 3.8) is 0 Å². The molecule has 0 aliphatic rings. The van der Waals surface area contributed by atoms with E-state index in [9.17, 15) is 9.90 Å². The number of hydrogen-bond donors (Lipinski definition) is 1. The van der Waals surface area contributed by atoms with E-state index in [1.807, 2.05) is 97.1 Å². The van der Waals surface area contributed by atoms with Gasteiger partial charge in [0.1, 0.15) is 24.8 Å². The summed E-state index contributed by atoms with van der Waals surface area (Å²) < 4.78 is 29.1. The van der Waals surface area contributed by atoms with E-state index in [4.69, 9.17) is 22.7 Å². The van der Waals surface area contributed by atoms with Gasteiger partial charge in [0.25, 0.3) is 0 Å². The van der Waals surface area contributed by atoms with Crippen LogP contribution in [0.15, 0.2) is 109 Å². The summed E-state index contributed by atoms with van der Waals surface area (Å²) >= 11 is 0. The number of aromatic nitrogens is 3. The molecule has 0 saturated heterocycles. The van der Waals surface area contributed by atoms with Gasteiger partial charge in [-0.25, -0.2) is 19.3 Å². The van der Waals surface area contributed by atoms with Gasteiger partial charge < -0.3 is 27.8 Å². The lowest BCUT2D eigenvalue weighted by Crippen LogP contribution is -2.14. The van der Waals surface area contributed by atoms with E-state index in [1.165, 1.54) is 6.26 Å². The van der Waals surface area contributed by atoms with Gasteiger partial charge >= 0.3 is 5.76 Å². The van der Waals surface area contributed by atoms with Crippen LogP contribution in [0.5, 0.6) is 17.4 Å². The average Bonchev–Trinajstić information content (AvgIpc) is 3.83. The zero-order chi connectivity index (χ0) is 32.4. The lowest BCUT2D eigenvalue weighted by atomic mass is 10.1. The van der Waals surface area contributed by atoms with Crippen molar-refractivity contribution < 1.29 is 27.8 Å². The zero-order valence-electron chi connectivity index (χ0n) is 25.7. The highest BCUT2D eigenvalue weighted by Crippen LogP contribution is 2.30. The quantitative estimate of drug-likeness (QED) is 0.132. The molecule has 10 heteroatoms. The molecule has 238 valence electrons. The topological polar surface area (TPSA) is 126 Å². The van der Waals surface area contributed by atoms with Crippen LogP contribution in [0.2, 0.25) is 0 Å².